The molecule has 4 rings (SSSR count). The molecule has 0 bridgehead atoms. The van der Waals surface area contributed by atoms with E-state index in [9.17, 15) is 42.9 Å². The molecular weight excluding hydrogens is 545 g/mol. The predicted molar refractivity (Wildman–Crippen MR) is 137 cm³/mol. The van der Waals surface area contributed by atoms with Crippen molar-refractivity contribution < 1.29 is 37.3 Å². The lowest BCUT2D eigenvalue weighted by atomic mass is 9.88. The van der Waals surface area contributed by atoms with Gasteiger partial charge in [0.05, 0.1) is 33.4 Å². The van der Waals surface area contributed by atoms with Gasteiger partial charge in [0.15, 0.2) is 5.78 Å². The number of benzene rings is 3. The van der Waals surface area contributed by atoms with Crippen molar-refractivity contribution in [1.82, 2.24) is 5.06 Å². The number of nitro benzene ring substituents is 1. The molecule has 0 fully saturated rings. The van der Waals surface area contributed by atoms with Crippen LogP contribution in [0.2, 0.25) is 0 Å². The lowest BCUT2D eigenvalue weighted by Gasteiger charge is -2.41. The van der Waals surface area contributed by atoms with Crippen molar-refractivity contribution in [2.24, 2.45) is 0 Å². The van der Waals surface area contributed by atoms with Crippen LogP contribution in [0.3, 0.4) is 0 Å². The van der Waals surface area contributed by atoms with Gasteiger partial charge in [0, 0.05) is 30.3 Å². The summed E-state index contributed by atoms with van der Waals surface area (Å²) in [6.45, 7) is 2.35. The minimum absolute atomic E-state index is 0.0373. The first-order valence-electron chi connectivity index (χ1n) is 11.8. The molecule has 3 aromatic rings. The summed E-state index contributed by atoms with van der Waals surface area (Å²) in [5.74, 6) is -1.70. The fourth-order valence-electron chi connectivity index (χ4n) is 4.36. The Labute approximate surface area is 230 Å². The van der Waals surface area contributed by atoms with Crippen LogP contribution in [0.15, 0.2) is 84.1 Å². The first kappa shape index (κ1) is 28.5. The maximum atomic E-state index is 14.0. The Balaban J connectivity index is 1.99. The van der Waals surface area contributed by atoms with Gasteiger partial charge in [-0.2, -0.15) is 18.4 Å². The second-order valence-corrected chi connectivity index (χ2v) is 8.84. The largest absolute Gasteiger partial charge is 0.416 e. The van der Waals surface area contributed by atoms with E-state index in [1.807, 2.05) is 6.07 Å². The number of amides is 2. The van der Waals surface area contributed by atoms with E-state index in [1.54, 1.807) is 0 Å². The fourth-order valence-corrected chi connectivity index (χ4v) is 4.36. The van der Waals surface area contributed by atoms with Crippen molar-refractivity contribution in [3.8, 4) is 6.07 Å². The van der Waals surface area contributed by atoms with Gasteiger partial charge in [0.25, 0.3) is 5.69 Å². The normalized spacial score (nSPS) is 15.4. The summed E-state index contributed by atoms with van der Waals surface area (Å²) in [6, 6.07) is 13.6. The molecule has 208 valence electrons. The van der Waals surface area contributed by atoms with Crippen molar-refractivity contribution in [3.63, 3.8) is 0 Å². The molecule has 0 aromatic heterocycles. The Hall–Kier alpha value is -5.51. The van der Waals surface area contributed by atoms with Gasteiger partial charge in [0.1, 0.15) is 6.04 Å². The summed E-state index contributed by atoms with van der Waals surface area (Å²) in [4.78, 5) is 56.4. The molecule has 41 heavy (non-hydrogen) atoms. The van der Waals surface area contributed by atoms with E-state index in [0.29, 0.717) is 11.1 Å². The van der Waals surface area contributed by atoms with Crippen LogP contribution in [-0.2, 0) is 15.8 Å². The predicted octanol–water partition coefficient (Wildman–Crippen LogP) is 6.10. The Morgan fingerprint density at radius 3 is 2.22 bits per heavy atom. The minimum atomic E-state index is -4.75. The number of carbonyl (C=O) groups is 3. The van der Waals surface area contributed by atoms with Crippen LogP contribution in [0.1, 0.15) is 46.9 Å². The van der Waals surface area contributed by atoms with E-state index >= 15 is 0 Å². The first-order valence-corrected chi connectivity index (χ1v) is 11.8. The Morgan fingerprint density at radius 2 is 1.68 bits per heavy atom. The number of ketones is 1. The highest BCUT2D eigenvalue weighted by Crippen LogP contribution is 2.42. The first-order chi connectivity index (χ1) is 19.3. The number of non-ortho nitro benzene ring substituents is 1. The van der Waals surface area contributed by atoms with Gasteiger partial charge in [-0.05, 0) is 55.0 Å². The molecule has 13 heteroatoms. The maximum absolute atomic E-state index is 14.0. The molecule has 0 saturated carbocycles. The van der Waals surface area contributed by atoms with E-state index in [-0.39, 0.29) is 39.3 Å². The third-order valence-electron chi connectivity index (χ3n) is 6.21. The summed E-state index contributed by atoms with van der Waals surface area (Å²) < 4.78 is 40.6. The highest BCUT2D eigenvalue weighted by atomic mass is 19.4. The lowest BCUT2D eigenvalue weighted by molar-refractivity contribution is -0.384. The number of nitrogens with zero attached hydrogens (tertiary/aromatic N) is 4. The average Bonchev–Trinajstić information content (AvgIpc) is 2.93. The van der Waals surface area contributed by atoms with Gasteiger partial charge < -0.3 is 4.84 Å². The standard InChI is InChI=1S/C28H19F3N4O6/c1-16-24(26(37)20-10-12-22(13-11-20)35(39)40)25(19-8-6-18(15-32)7-9-19)34(41-17(2)36)27(38)33(16)23-5-3-4-21(14-23)28(29,30)31/h3-14,25H,1-2H3. The molecule has 0 spiro atoms. The Bertz CT molecular complexity index is 1630. The molecule has 0 radical (unpaired) electrons. The van der Waals surface area contributed by atoms with Gasteiger partial charge in [-0.25, -0.2) is 4.79 Å². The molecule has 0 N–H and O–H groups in total. The van der Waals surface area contributed by atoms with E-state index in [4.69, 9.17) is 4.84 Å². The number of Topliss-reactive ketones (excluding diaryl/α,β-unsaturated/α-hetero) is 1. The number of nitro groups is 1. The number of anilines is 1. The van der Waals surface area contributed by atoms with E-state index in [0.717, 1.165) is 36.1 Å². The summed E-state index contributed by atoms with van der Waals surface area (Å²) in [6.07, 6.45) is -4.75. The average molecular weight is 564 g/mol. The van der Waals surface area contributed by atoms with Crippen LogP contribution < -0.4 is 4.90 Å². The Kier molecular flexibility index (Phi) is 7.60. The number of allylic oxidation sites excluding steroid dienone is 1. The van der Waals surface area contributed by atoms with Crippen LogP contribution in [0.5, 0.6) is 0 Å². The second kappa shape index (κ2) is 10.9. The van der Waals surface area contributed by atoms with E-state index in [2.05, 4.69) is 0 Å². The molecule has 0 aliphatic carbocycles. The summed E-state index contributed by atoms with van der Waals surface area (Å²) in [5.41, 5.74) is -1.39. The molecule has 1 aliphatic heterocycles. The number of hydroxylamine groups is 2. The Morgan fingerprint density at radius 1 is 1.05 bits per heavy atom. The number of alkyl halides is 3. The summed E-state index contributed by atoms with van der Waals surface area (Å²) in [7, 11) is 0. The molecule has 10 nitrogen and oxygen atoms in total. The highest BCUT2D eigenvalue weighted by molar-refractivity contribution is 6.13. The minimum Gasteiger partial charge on any atom is -0.336 e. The number of hydrogen-bond acceptors (Lipinski definition) is 7. The van der Waals surface area contributed by atoms with Crippen molar-refractivity contribution in [1.29, 1.82) is 5.26 Å². The summed E-state index contributed by atoms with van der Waals surface area (Å²) >= 11 is 0. The topological polar surface area (TPSA) is 134 Å². The van der Waals surface area contributed by atoms with Gasteiger partial charge in [-0.15, -0.1) is 5.06 Å². The van der Waals surface area contributed by atoms with E-state index < -0.39 is 40.5 Å². The van der Waals surface area contributed by atoms with Crippen molar-refractivity contribution in [2.45, 2.75) is 26.1 Å². The summed E-state index contributed by atoms with van der Waals surface area (Å²) in [5, 5.41) is 20.9. The zero-order valence-corrected chi connectivity index (χ0v) is 21.4. The number of hydrogen-bond donors (Lipinski definition) is 0. The van der Waals surface area contributed by atoms with Gasteiger partial charge in [-0.3, -0.25) is 24.6 Å². The zero-order valence-electron chi connectivity index (χ0n) is 21.4. The molecular formula is C28H19F3N4O6. The third kappa shape index (κ3) is 5.62. The lowest BCUT2D eigenvalue weighted by Crippen LogP contribution is -2.51. The maximum Gasteiger partial charge on any atom is 0.416 e. The molecule has 3 aromatic carbocycles. The highest BCUT2D eigenvalue weighted by Gasteiger charge is 2.45. The molecule has 0 saturated heterocycles. The monoisotopic (exact) mass is 564 g/mol. The SMILES string of the molecule is CC(=O)ON1C(=O)N(c2cccc(C(F)(F)F)c2)C(C)=C(C(=O)c2ccc([N+](=O)[O-])cc2)C1c1ccc(C#N)cc1. The fraction of sp³-hybridized carbons (Fsp3) is 0.143. The van der Waals surface area contributed by atoms with Crippen molar-refractivity contribution in [3.05, 3.63) is 116 Å². The van der Waals surface area contributed by atoms with Crippen LogP contribution >= 0.6 is 0 Å². The van der Waals surface area contributed by atoms with E-state index in [1.165, 1.54) is 49.4 Å². The van der Waals surface area contributed by atoms with Crippen molar-refractivity contribution >= 4 is 29.2 Å². The molecule has 1 unspecified atom stereocenters. The number of urea groups is 1. The molecule has 2 amide bonds. The molecule has 1 heterocycles. The number of rotatable bonds is 6. The van der Waals surface area contributed by atoms with Crippen LogP contribution in [0.4, 0.5) is 29.3 Å². The smallest absolute Gasteiger partial charge is 0.336 e. The van der Waals surface area contributed by atoms with Crippen LogP contribution in [-0.4, -0.2) is 27.8 Å². The van der Waals surface area contributed by atoms with Crippen LogP contribution in [0.25, 0.3) is 0 Å². The number of carbonyl (C=O) groups excluding carboxylic acids is 3. The quantitative estimate of drug-likeness (QED) is 0.201. The second-order valence-electron chi connectivity index (χ2n) is 8.84. The number of nitriles is 1. The zero-order chi connectivity index (χ0) is 30.1. The third-order valence-corrected chi connectivity index (χ3v) is 6.21. The van der Waals surface area contributed by atoms with Crippen LogP contribution in [0, 0.1) is 21.4 Å². The van der Waals surface area contributed by atoms with Gasteiger partial charge in [-0.1, -0.05) is 18.2 Å². The van der Waals surface area contributed by atoms with Crippen molar-refractivity contribution in [2.75, 3.05) is 4.90 Å². The van der Waals surface area contributed by atoms with Gasteiger partial charge in [0.2, 0.25) is 0 Å². The molecule has 1 atom stereocenters. The number of halogens is 3. The van der Waals surface area contributed by atoms with Gasteiger partial charge >= 0.3 is 18.2 Å². The molecule has 1 aliphatic rings.